The molecule has 0 bridgehead atoms. The molecule has 120 valence electrons. The van der Waals surface area contributed by atoms with E-state index in [2.05, 4.69) is 9.97 Å². The summed E-state index contributed by atoms with van der Waals surface area (Å²) in [5.41, 5.74) is 0.749. The van der Waals surface area contributed by atoms with Gasteiger partial charge in [-0.1, -0.05) is 11.6 Å². The topological polar surface area (TPSA) is 72.4 Å². The van der Waals surface area contributed by atoms with Gasteiger partial charge in [0.2, 0.25) is 0 Å². The molecule has 0 saturated carbocycles. The Hall–Kier alpha value is -1.69. The maximum atomic E-state index is 11.8. The van der Waals surface area contributed by atoms with Crippen molar-refractivity contribution in [2.24, 2.45) is 5.92 Å². The van der Waals surface area contributed by atoms with Crippen LogP contribution in [0.15, 0.2) is 6.20 Å². The zero-order valence-electron chi connectivity index (χ0n) is 12.6. The predicted molar refractivity (Wildman–Crippen MR) is 83.0 cm³/mol. The number of hydrogen-bond acceptors (Lipinski definition) is 6. The molecule has 6 nitrogen and oxygen atoms in total. The summed E-state index contributed by atoms with van der Waals surface area (Å²) < 4.78 is 5.06. The molecule has 2 heterocycles. The number of rotatable bonds is 6. The fourth-order valence-electron chi connectivity index (χ4n) is 2.52. The van der Waals surface area contributed by atoms with E-state index in [1.807, 2.05) is 11.8 Å². The fraction of sp³-hybridized carbons (Fsp3) is 0.600. The summed E-state index contributed by atoms with van der Waals surface area (Å²) in [4.78, 5) is 32.9. The van der Waals surface area contributed by atoms with Crippen molar-refractivity contribution in [3.8, 4) is 0 Å². The van der Waals surface area contributed by atoms with Crippen molar-refractivity contribution in [3.05, 3.63) is 17.0 Å². The molecule has 1 aromatic rings. The van der Waals surface area contributed by atoms with Crippen LogP contribution in [0.4, 0.5) is 5.82 Å². The largest absolute Gasteiger partial charge is 0.466 e. The number of halogens is 1. The number of nitrogens with zero attached hydrogens (tertiary/aromatic N) is 3. The number of aromatic nitrogens is 2. The summed E-state index contributed by atoms with van der Waals surface area (Å²) in [7, 11) is 0. The number of aldehydes is 1. The van der Waals surface area contributed by atoms with Crippen molar-refractivity contribution in [2.75, 3.05) is 24.6 Å². The molecule has 1 aliphatic heterocycles. The van der Waals surface area contributed by atoms with E-state index in [1.54, 1.807) is 6.20 Å². The van der Waals surface area contributed by atoms with Crippen LogP contribution >= 0.6 is 11.6 Å². The molecule has 1 fully saturated rings. The van der Waals surface area contributed by atoms with Gasteiger partial charge in [0.1, 0.15) is 6.29 Å². The quantitative estimate of drug-likeness (QED) is 0.588. The lowest BCUT2D eigenvalue weighted by molar-refractivity contribution is -0.148. The highest BCUT2D eigenvalue weighted by Gasteiger charge is 2.27. The molecule has 0 N–H and O–H groups in total. The van der Waals surface area contributed by atoms with Gasteiger partial charge in [0.25, 0.3) is 0 Å². The zero-order chi connectivity index (χ0) is 15.9. The van der Waals surface area contributed by atoms with Gasteiger partial charge in [-0.3, -0.25) is 4.79 Å². The Labute approximate surface area is 134 Å². The Balaban J connectivity index is 2.01. The molecule has 0 spiro atoms. The Morgan fingerprint density at radius 2 is 2.23 bits per heavy atom. The zero-order valence-corrected chi connectivity index (χ0v) is 13.4. The molecule has 22 heavy (non-hydrogen) atoms. The molecule has 1 aromatic heterocycles. The van der Waals surface area contributed by atoms with E-state index in [0.29, 0.717) is 43.5 Å². The average Bonchev–Trinajstić information content (AvgIpc) is 2.54. The van der Waals surface area contributed by atoms with Crippen molar-refractivity contribution < 1.29 is 14.3 Å². The maximum Gasteiger partial charge on any atom is 0.309 e. The fourth-order valence-corrected chi connectivity index (χ4v) is 2.73. The van der Waals surface area contributed by atoms with Crippen LogP contribution in [-0.4, -0.2) is 41.9 Å². The first kappa shape index (κ1) is 16.7. The summed E-state index contributed by atoms with van der Waals surface area (Å²) >= 11 is 6.14. The summed E-state index contributed by atoms with van der Waals surface area (Å²) in [5.74, 6) is 0.451. The van der Waals surface area contributed by atoms with E-state index in [-0.39, 0.29) is 11.9 Å². The minimum absolute atomic E-state index is 0.0545. The van der Waals surface area contributed by atoms with Gasteiger partial charge >= 0.3 is 5.97 Å². The maximum absolute atomic E-state index is 11.8. The molecule has 1 saturated heterocycles. The first-order chi connectivity index (χ1) is 10.7. The van der Waals surface area contributed by atoms with Gasteiger partial charge in [-0.05, 0) is 26.2 Å². The average molecular weight is 326 g/mol. The Bertz CT molecular complexity index is 531. The molecular weight excluding hydrogens is 306 g/mol. The summed E-state index contributed by atoms with van der Waals surface area (Å²) in [6, 6.07) is 0. The number of esters is 1. The SMILES string of the molecule is CCOC(=O)C1CCN(c2nc(CCC=O)cnc2Cl)CC1. The van der Waals surface area contributed by atoms with Crippen LogP contribution in [0.3, 0.4) is 0 Å². The third-order valence-electron chi connectivity index (χ3n) is 3.69. The monoisotopic (exact) mass is 325 g/mol. The molecule has 1 aliphatic rings. The van der Waals surface area contributed by atoms with E-state index >= 15 is 0 Å². The second-order valence-electron chi connectivity index (χ2n) is 5.19. The first-order valence-electron chi connectivity index (χ1n) is 7.52. The van der Waals surface area contributed by atoms with Gasteiger partial charge in [0.05, 0.1) is 24.4 Å². The van der Waals surface area contributed by atoms with Gasteiger partial charge in [-0.25, -0.2) is 9.97 Å². The molecule has 0 amide bonds. The van der Waals surface area contributed by atoms with E-state index in [4.69, 9.17) is 16.3 Å². The molecule has 0 aromatic carbocycles. The number of ether oxygens (including phenoxy) is 1. The molecular formula is C15H20ClN3O3. The first-order valence-corrected chi connectivity index (χ1v) is 7.90. The highest BCUT2D eigenvalue weighted by Crippen LogP contribution is 2.27. The highest BCUT2D eigenvalue weighted by atomic mass is 35.5. The van der Waals surface area contributed by atoms with E-state index in [0.717, 1.165) is 24.8 Å². The number of carbonyl (C=O) groups is 2. The summed E-state index contributed by atoms with van der Waals surface area (Å²) in [6.45, 7) is 3.60. The summed E-state index contributed by atoms with van der Waals surface area (Å²) in [6.07, 6.45) is 4.87. The van der Waals surface area contributed by atoms with E-state index < -0.39 is 0 Å². The van der Waals surface area contributed by atoms with Crippen molar-refractivity contribution in [1.82, 2.24) is 9.97 Å². The second-order valence-corrected chi connectivity index (χ2v) is 5.55. The van der Waals surface area contributed by atoms with Crippen LogP contribution in [0, 0.1) is 5.92 Å². The van der Waals surface area contributed by atoms with Crippen LogP contribution in [-0.2, 0) is 20.7 Å². The minimum Gasteiger partial charge on any atom is -0.466 e. The summed E-state index contributed by atoms with van der Waals surface area (Å²) in [5, 5.41) is 0.351. The molecule has 2 rings (SSSR count). The normalized spacial score (nSPS) is 15.6. The molecule has 7 heteroatoms. The molecule has 0 atom stereocenters. The standard InChI is InChI=1S/C15H20ClN3O3/c1-2-22-15(21)11-5-7-19(8-6-11)14-13(16)17-10-12(18-14)4-3-9-20/h9-11H,2-8H2,1H3. The van der Waals surface area contributed by atoms with Crippen LogP contribution in [0.2, 0.25) is 5.15 Å². The Kier molecular flexibility index (Phi) is 6.12. The van der Waals surface area contributed by atoms with Crippen LogP contribution in [0.5, 0.6) is 0 Å². The van der Waals surface area contributed by atoms with Gasteiger partial charge in [-0.15, -0.1) is 0 Å². The van der Waals surface area contributed by atoms with Gasteiger partial charge in [0.15, 0.2) is 11.0 Å². The van der Waals surface area contributed by atoms with Crippen LogP contribution in [0.25, 0.3) is 0 Å². The number of carbonyl (C=O) groups excluding carboxylic acids is 2. The van der Waals surface area contributed by atoms with Crippen LogP contribution in [0.1, 0.15) is 31.9 Å². The Morgan fingerprint density at radius 1 is 1.50 bits per heavy atom. The number of piperidine rings is 1. The number of anilines is 1. The van der Waals surface area contributed by atoms with Crippen molar-refractivity contribution in [1.29, 1.82) is 0 Å². The molecule has 0 aliphatic carbocycles. The van der Waals surface area contributed by atoms with Crippen molar-refractivity contribution in [2.45, 2.75) is 32.6 Å². The van der Waals surface area contributed by atoms with Gasteiger partial charge in [-0.2, -0.15) is 0 Å². The van der Waals surface area contributed by atoms with Crippen molar-refractivity contribution in [3.63, 3.8) is 0 Å². The third-order valence-corrected chi connectivity index (χ3v) is 3.96. The van der Waals surface area contributed by atoms with Crippen LogP contribution < -0.4 is 4.90 Å². The predicted octanol–water partition coefficient (Wildman–Crippen LogP) is 2.04. The van der Waals surface area contributed by atoms with Crippen molar-refractivity contribution >= 4 is 29.7 Å². The van der Waals surface area contributed by atoms with E-state index in [9.17, 15) is 9.59 Å². The molecule has 0 unspecified atom stereocenters. The molecule has 0 radical (unpaired) electrons. The van der Waals surface area contributed by atoms with Gasteiger partial charge < -0.3 is 14.4 Å². The highest BCUT2D eigenvalue weighted by molar-refractivity contribution is 6.31. The third kappa shape index (κ3) is 4.16. The van der Waals surface area contributed by atoms with E-state index in [1.165, 1.54) is 0 Å². The van der Waals surface area contributed by atoms with Gasteiger partial charge in [0, 0.05) is 19.5 Å². The lowest BCUT2D eigenvalue weighted by Crippen LogP contribution is -2.37. The Morgan fingerprint density at radius 3 is 2.86 bits per heavy atom. The number of hydrogen-bond donors (Lipinski definition) is 0. The lowest BCUT2D eigenvalue weighted by atomic mass is 9.97. The minimum atomic E-state index is -0.126. The number of aryl methyl sites for hydroxylation is 1. The second kappa shape index (κ2) is 8.08. The smallest absolute Gasteiger partial charge is 0.309 e. The lowest BCUT2D eigenvalue weighted by Gasteiger charge is -2.32.